The molecule has 2 nitrogen and oxygen atoms in total. The molecule has 0 bridgehead atoms. The number of benzene rings is 4. The molecule has 0 amide bonds. The molecule has 1 heterocycles. The van der Waals surface area contributed by atoms with Crippen molar-refractivity contribution in [3.63, 3.8) is 0 Å². The maximum atomic E-state index is 6.59. The highest BCUT2D eigenvalue weighted by Gasteiger charge is 2.30. The Morgan fingerprint density at radius 2 is 1.28 bits per heavy atom. The minimum absolute atomic E-state index is 0.111. The van der Waals surface area contributed by atoms with Crippen LogP contribution in [0.15, 0.2) is 60.7 Å². The van der Waals surface area contributed by atoms with Crippen LogP contribution in [0, 0.1) is 27.7 Å². The van der Waals surface area contributed by atoms with Crippen LogP contribution in [-0.4, -0.2) is 0 Å². The first-order valence-electron chi connectivity index (χ1n) is 11.4. The highest BCUT2D eigenvalue weighted by Crippen LogP contribution is 2.54. The molecule has 0 saturated heterocycles. The number of anilines is 3. The van der Waals surface area contributed by atoms with Crippen LogP contribution in [0.4, 0.5) is 17.1 Å². The highest BCUT2D eigenvalue weighted by atomic mass is 16.5. The minimum atomic E-state index is 0.111. The smallest absolute Gasteiger partial charge is 0.159 e. The average molecular weight is 422 g/mol. The van der Waals surface area contributed by atoms with Gasteiger partial charge < -0.3 is 9.64 Å². The number of hydrogen-bond donors (Lipinski definition) is 0. The van der Waals surface area contributed by atoms with E-state index in [1.165, 1.54) is 38.9 Å². The molecule has 0 saturated carbocycles. The zero-order chi connectivity index (χ0) is 22.8. The van der Waals surface area contributed by atoms with E-state index in [0.717, 1.165) is 28.3 Å². The van der Waals surface area contributed by atoms with Crippen molar-refractivity contribution < 1.29 is 4.74 Å². The Hall–Kier alpha value is -3.26. The van der Waals surface area contributed by atoms with Crippen LogP contribution in [-0.2, 0) is 5.41 Å². The number of fused-ring (bicyclic) bond motifs is 4. The van der Waals surface area contributed by atoms with E-state index in [9.17, 15) is 0 Å². The quantitative estimate of drug-likeness (QED) is 0.268. The monoisotopic (exact) mass is 421 g/mol. The molecule has 1 aliphatic heterocycles. The lowest BCUT2D eigenvalue weighted by atomic mass is 9.84. The number of ether oxygens (including phenoxy) is 1. The van der Waals surface area contributed by atoms with E-state index in [2.05, 4.69) is 114 Å². The van der Waals surface area contributed by atoms with Crippen LogP contribution in [0.5, 0.6) is 11.5 Å². The first-order chi connectivity index (χ1) is 15.1. The van der Waals surface area contributed by atoms with Gasteiger partial charge in [0, 0.05) is 5.39 Å². The fraction of sp³-hybridized carbons (Fsp3) is 0.267. The Kier molecular flexibility index (Phi) is 4.60. The van der Waals surface area contributed by atoms with Crippen LogP contribution >= 0.6 is 0 Å². The summed E-state index contributed by atoms with van der Waals surface area (Å²) in [6.45, 7) is 15.5. The lowest BCUT2D eigenvalue weighted by Gasteiger charge is -2.36. The normalized spacial score (nSPS) is 13.0. The maximum absolute atomic E-state index is 6.59. The lowest BCUT2D eigenvalue weighted by Crippen LogP contribution is -2.19. The molecular formula is C30H31NO. The Balaban J connectivity index is 1.82. The molecule has 0 N–H and O–H groups in total. The topological polar surface area (TPSA) is 12.5 Å². The van der Waals surface area contributed by atoms with Gasteiger partial charge in [-0.05, 0) is 85.0 Å². The molecule has 0 aliphatic carbocycles. The number of rotatable bonds is 1. The van der Waals surface area contributed by atoms with Crippen LogP contribution in [0.1, 0.15) is 48.6 Å². The fourth-order valence-corrected chi connectivity index (χ4v) is 4.79. The van der Waals surface area contributed by atoms with Crippen molar-refractivity contribution in [3.8, 4) is 11.5 Å². The van der Waals surface area contributed by atoms with E-state index in [0.29, 0.717) is 0 Å². The molecule has 0 spiro atoms. The zero-order valence-electron chi connectivity index (χ0n) is 20.1. The van der Waals surface area contributed by atoms with Crippen LogP contribution in [0.2, 0.25) is 0 Å². The second kappa shape index (κ2) is 7.13. The van der Waals surface area contributed by atoms with Gasteiger partial charge in [-0.2, -0.15) is 0 Å². The second-order valence-corrected chi connectivity index (χ2v) is 10.3. The molecular weight excluding hydrogens is 390 g/mol. The molecule has 0 fully saturated rings. The van der Waals surface area contributed by atoms with E-state index >= 15 is 0 Å². The average Bonchev–Trinajstić information content (AvgIpc) is 2.71. The molecule has 2 heteroatoms. The third-order valence-electron chi connectivity index (χ3n) is 6.50. The van der Waals surface area contributed by atoms with Crippen molar-refractivity contribution >= 4 is 27.8 Å². The molecule has 4 aromatic rings. The second-order valence-electron chi connectivity index (χ2n) is 10.3. The van der Waals surface area contributed by atoms with Gasteiger partial charge in [0.15, 0.2) is 11.5 Å². The summed E-state index contributed by atoms with van der Waals surface area (Å²) in [4.78, 5) is 2.40. The Morgan fingerprint density at radius 1 is 0.688 bits per heavy atom. The van der Waals surface area contributed by atoms with Crippen molar-refractivity contribution in [2.45, 2.75) is 53.9 Å². The van der Waals surface area contributed by atoms with Crippen LogP contribution in [0.25, 0.3) is 10.8 Å². The molecule has 0 atom stereocenters. The molecule has 0 radical (unpaired) electrons. The summed E-state index contributed by atoms with van der Waals surface area (Å²) in [6.07, 6.45) is 0. The van der Waals surface area contributed by atoms with E-state index in [4.69, 9.17) is 4.74 Å². The van der Waals surface area contributed by atoms with Crippen LogP contribution in [0.3, 0.4) is 0 Å². The van der Waals surface area contributed by atoms with E-state index in [-0.39, 0.29) is 5.41 Å². The maximum Gasteiger partial charge on any atom is 0.159 e. The highest BCUT2D eigenvalue weighted by molar-refractivity contribution is 6.00. The third-order valence-corrected chi connectivity index (χ3v) is 6.50. The molecule has 1 aliphatic rings. The first-order valence-corrected chi connectivity index (χ1v) is 11.4. The van der Waals surface area contributed by atoms with Crippen molar-refractivity contribution in [3.05, 3.63) is 88.5 Å². The van der Waals surface area contributed by atoms with Gasteiger partial charge in [-0.25, -0.2) is 0 Å². The Bertz CT molecular complexity index is 1350. The van der Waals surface area contributed by atoms with Gasteiger partial charge in [0.1, 0.15) is 0 Å². The molecule has 0 aromatic heterocycles. The fourth-order valence-electron chi connectivity index (χ4n) is 4.79. The van der Waals surface area contributed by atoms with Gasteiger partial charge in [0.05, 0.1) is 17.1 Å². The van der Waals surface area contributed by atoms with E-state index < -0.39 is 0 Å². The summed E-state index contributed by atoms with van der Waals surface area (Å²) >= 11 is 0. The number of aryl methyl sites for hydroxylation is 4. The van der Waals surface area contributed by atoms with E-state index in [1.54, 1.807) is 0 Å². The molecule has 4 aromatic carbocycles. The summed E-state index contributed by atoms with van der Waals surface area (Å²) in [5.74, 6) is 1.84. The summed E-state index contributed by atoms with van der Waals surface area (Å²) < 4.78 is 6.59. The summed E-state index contributed by atoms with van der Waals surface area (Å²) in [5.41, 5.74) is 9.87. The van der Waals surface area contributed by atoms with Gasteiger partial charge in [-0.3, -0.25) is 0 Å². The molecule has 0 unspecified atom stereocenters. The largest absolute Gasteiger partial charge is 0.452 e. The lowest BCUT2D eigenvalue weighted by molar-refractivity contribution is 0.482. The van der Waals surface area contributed by atoms with Crippen molar-refractivity contribution in [1.82, 2.24) is 0 Å². The van der Waals surface area contributed by atoms with Gasteiger partial charge in [0.2, 0.25) is 0 Å². The van der Waals surface area contributed by atoms with Gasteiger partial charge in [-0.15, -0.1) is 0 Å². The van der Waals surface area contributed by atoms with Crippen LogP contribution < -0.4 is 9.64 Å². The Labute approximate surface area is 191 Å². The van der Waals surface area contributed by atoms with Crippen molar-refractivity contribution in [1.29, 1.82) is 0 Å². The Morgan fingerprint density at radius 3 is 1.97 bits per heavy atom. The van der Waals surface area contributed by atoms with Crippen molar-refractivity contribution in [2.75, 3.05) is 4.90 Å². The zero-order valence-corrected chi connectivity index (χ0v) is 20.1. The molecule has 32 heavy (non-hydrogen) atoms. The summed E-state index contributed by atoms with van der Waals surface area (Å²) in [7, 11) is 0. The van der Waals surface area contributed by atoms with E-state index in [1.807, 2.05) is 0 Å². The molecule has 162 valence electrons. The van der Waals surface area contributed by atoms with Gasteiger partial charge in [0.25, 0.3) is 0 Å². The first kappa shape index (κ1) is 20.6. The SMILES string of the molecule is Cc1ccc2c(c1)Oc1c(ccc3ccc(C)cc13)N2c1c(C)cc(C(C)(C)C)cc1C. The minimum Gasteiger partial charge on any atom is -0.452 e. The van der Waals surface area contributed by atoms with Crippen molar-refractivity contribution in [2.24, 2.45) is 0 Å². The van der Waals surface area contributed by atoms with Gasteiger partial charge in [-0.1, -0.05) is 62.7 Å². The third kappa shape index (κ3) is 3.26. The molecule has 5 rings (SSSR count). The predicted octanol–water partition coefficient (Wildman–Crippen LogP) is 8.95. The standard InChI is InChI=1S/C30H31NO/c1-18-8-10-22-11-13-26-29(24(22)14-18)32-27-15-19(2)9-12-25(27)31(26)28-20(3)16-23(17-21(28)4)30(5,6)7/h8-17H,1-7H3. The number of hydrogen-bond acceptors (Lipinski definition) is 2. The number of nitrogens with zero attached hydrogens (tertiary/aromatic N) is 1. The summed E-state index contributed by atoms with van der Waals surface area (Å²) in [5, 5.41) is 2.35. The van der Waals surface area contributed by atoms with Gasteiger partial charge >= 0.3 is 0 Å². The summed E-state index contributed by atoms with van der Waals surface area (Å²) in [6, 6.07) is 22.2. The predicted molar refractivity (Wildman–Crippen MR) is 136 cm³/mol.